The number of aliphatic hydroxyl groups is 1. The van der Waals surface area contributed by atoms with E-state index in [4.69, 9.17) is 4.74 Å². The van der Waals surface area contributed by atoms with Crippen molar-refractivity contribution in [2.45, 2.75) is 64.3 Å². The van der Waals surface area contributed by atoms with Crippen molar-refractivity contribution < 1.29 is 9.84 Å². The molecule has 0 unspecified atom stereocenters. The molecule has 1 N–H and O–H groups in total. The highest BCUT2D eigenvalue weighted by Gasteiger charge is 2.23. The summed E-state index contributed by atoms with van der Waals surface area (Å²) in [6.45, 7) is 4.37. The van der Waals surface area contributed by atoms with Gasteiger partial charge in [0.05, 0.1) is 13.2 Å². The molecule has 1 aromatic carbocycles. The van der Waals surface area contributed by atoms with Gasteiger partial charge in [-0.15, -0.1) is 0 Å². The van der Waals surface area contributed by atoms with Crippen molar-refractivity contribution in [3.63, 3.8) is 0 Å². The van der Waals surface area contributed by atoms with Crippen molar-refractivity contribution in [2.24, 2.45) is 0 Å². The van der Waals surface area contributed by atoms with Crippen LogP contribution in [0.2, 0.25) is 0 Å². The standard InChI is InChI=1S/C22H32N2O2/c1-18(25)15-24(20-9-4-3-5-10-20)17-21-11-7-13-23(21)16-19-8-6-12-22(14-19)26-2/h6-8,11-14,18,20,25H,3-5,9-10,15-17H2,1-2H3/t18-/m0/s1. The second-order valence-corrected chi connectivity index (χ2v) is 7.55. The predicted molar refractivity (Wildman–Crippen MR) is 105 cm³/mol. The van der Waals surface area contributed by atoms with E-state index in [1.165, 1.54) is 43.4 Å². The van der Waals surface area contributed by atoms with Gasteiger partial charge in [-0.2, -0.15) is 0 Å². The first kappa shape index (κ1) is 19.0. The lowest BCUT2D eigenvalue weighted by Gasteiger charge is -2.35. The van der Waals surface area contributed by atoms with Crippen molar-refractivity contribution in [1.82, 2.24) is 9.47 Å². The van der Waals surface area contributed by atoms with E-state index in [9.17, 15) is 5.11 Å². The number of nitrogens with zero attached hydrogens (tertiary/aromatic N) is 2. The quantitative estimate of drug-likeness (QED) is 0.775. The molecule has 1 heterocycles. The number of ether oxygens (including phenoxy) is 1. The third-order valence-electron chi connectivity index (χ3n) is 5.37. The van der Waals surface area contributed by atoms with Crippen molar-refractivity contribution in [1.29, 1.82) is 0 Å². The first-order chi connectivity index (χ1) is 12.7. The Balaban J connectivity index is 1.72. The SMILES string of the molecule is COc1cccc(Cn2cccc2CN(C[C@H](C)O)C2CCCCC2)c1. The maximum Gasteiger partial charge on any atom is 0.119 e. The average Bonchev–Trinajstić information content (AvgIpc) is 3.08. The fraction of sp³-hybridized carbons (Fsp3) is 0.545. The van der Waals surface area contributed by atoms with Gasteiger partial charge in [-0.1, -0.05) is 31.4 Å². The zero-order valence-corrected chi connectivity index (χ0v) is 16.1. The molecular formula is C22H32N2O2. The molecule has 26 heavy (non-hydrogen) atoms. The van der Waals surface area contributed by atoms with Crippen LogP contribution < -0.4 is 4.74 Å². The fourth-order valence-electron chi connectivity index (χ4n) is 4.05. The van der Waals surface area contributed by atoms with Gasteiger partial charge in [0.2, 0.25) is 0 Å². The smallest absolute Gasteiger partial charge is 0.119 e. The van der Waals surface area contributed by atoms with E-state index in [-0.39, 0.29) is 6.10 Å². The van der Waals surface area contributed by atoms with Gasteiger partial charge in [0.1, 0.15) is 5.75 Å². The van der Waals surface area contributed by atoms with E-state index in [0.717, 1.165) is 25.4 Å². The topological polar surface area (TPSA) is 37.6 Å². The number of methoxy groups -OCH3 is 1. The van der Waals surface area contributed by atoms with Gasteiger partial charge in [0, 0.05) is 37.6 Å². The predicted octanol–water partition coefficient (Wildman–Crippen LogP) is 4.06. The molecule has 1 aliphatic rings. The zero-order chi connectivity index (χ0) is 18.4. The summed E-state index contributed by atoms with van der Waals surface area (Å²) >= 11 is 0. The largest absolute Gasteiger partial charge is 0.497 e. The summed E-state index contributed by atoms with van der Waals surface area (Å²) < 4.78 is 7.66. The van der Waals surface area contributed by atoms with Crippen LogP contribution in [0, 0.1) is 0 Å². The molecule has 0 aliphatic heterocycles. The van der Waals surface area contributed by atoms with Crippen LogP contribution in [0.3, 0.4) is 0 Å². The van der Waals surface area contributed by atoms with Crippen LogP contribution >= 0.6 is 0 Å². The Morgan fingerprint density at radius 1 is 1.19 bits per heavy atom. The number of rotatable bonds is 8. The molecule has 1 aromatic heterocycles. The Labute approximate surface area is 157 Å². The van der Waals surface area contributed by atoms with E-state index < -0.39 is 0 Å². The Hall–Kier alpha value is -1.78. The first-order valence-corrected chi connectivity index (χ1v) is 9.85. The molecular weight excluding hydrogens is 324 g/mol. The van der Waals surface area contributed by atoms with Gasteiger partial charge in [-0.05, 0) is 49.6 Å². The highest BCUT2D eigenvalue weighted by atomic mass is 16.5. The zero-order valence-electron chi connectivity index (χ0n) is 16.1. The molecule has 4 nitrogen and oxygen atoms in total. The van der Waals surface area contributed by atoms with Gasteiger partial charge in [-0.3, -0.25) is 4.90 Å². The van der Waals surface area contributed by atoms with Crippen LogP contribution in [0.25, 0.3) is 0 Å². The molecule has 3 rings (SSSR count). The Bertz CT molecular complexity index is 674. The van der Waals surface area contributed by atoms with Crippen LogP contribution in [-0.4, -0.2) is 40.4 Å². The van der Waals surface area contributed by atoms with Gasteiger partial charge in [0.25, 0.3) is 0 Å². The molecule has 0 radical (unpaired) electrons. The van der Waals surface area contributed by atoms with Crippen molar-refractivity contribution in [2.75, 3.05) is 13.7 Å². The van der Waals surface area contributed by atoms with Gasteiger partial charge < -0.3 is 14.4 Å². The first-order valence-electron chi connectivity index (χ1n) is 9.85. The summed E-state index contributed by atoms with van der Waals surface area (Å²) in [4.78, 5) is 2.49. The Morgan fingerprint density at radius 2 is 2.00 bits per heavy atom. The molecule has 1 atom stereocenters. The summed E-state index contributed by atoms with van der Waals surface area (Å²) in [6.07, 6.45) is 8.34. The molecule has 142 valence electrons. The fourth-order valence-corrected chi connectivity index (χ4v) is 4.05. The number of hydrogen-bond donors (Lipinski definition) is 1. The van der Waals surface area contributed by atoms with Crippen LogP contribution in [0.15, 0.2) is 42.6 Å². The summed E-state index contributed by atoms with van der Waals surface area (Å²) in [5.41, 5.74) is 2.54. The minimum Gasteiger partial charge on any atom is -0.497 e. The van der Waals surface area contributed by atoms with Gasteiger partial charge in [0.15, 0.2) is 0 Å². The lowest BCUT2D eigenvalue weighted by atomic mass is 9.94. The Morgan fingerprint density at radius 3 is 2.73 bits per heavy atom. The number of benzene rings is 1. The molecule has 1 saturated carbocycles. The minimum absolute atomic E-state index is 0.293. The van der Waals surface area contributed by atoms with E-state index in [0.29, 0.717) is 6.04 Å². The second-order valence-electron chi connectivity index (χ2n) is 7.55. The van der Waals surface area contributed by atoms with Gasteiger partial charge >= 0.3 is 0 Å². The lowest BCUT2D eigenvalue weighted by Crippen LogP contribution is -2.40. The molecule has 2 aromatic rings. The molecule has 1 fully saturated rings. The van der Waals surface area contributed by atoms with Crippen LogP contribution in [0.5, 0.6) is 5.75 Å². The maximum absolute atomic E-state index is 9.98. The van der Waals surface area contributed by atoms with Crippen LogP contribution in [-0.2, 0) is 13.1 Å². The summed E-state index contributed by atoms with van der Waals surface area (Å²) in [5.74, 6) is 0.897. The number of hydrogen-bond acceptors (Lipinski definition) is 3. The van der Waals surface area contributed by atoms with E-state index in [2.05, 4.69) is 39.9 Å². The van der Waals surface area contributed by atoms with Crippen LogP contribution in [0.4, 0.5) is 0 Å². The van der Waals surface area contributed by atoms with Crippen molar-refractivity contribution in [3.05, 3.63) is 53.9 Å². The third-order valence-corrected chi connectivity index (χ3v) is 5.37. The summed E-state index contributed by atoms with van der Waals surface area (Å²) in [6, 6.07) is 13.2. The lowest BCUT2D eigenvalue weighted by molar-refractivity contribution is 0.0752. The van der Waals surface area contributed by atoms with E-state index >= 15 is 0 Å². The third kappa shape index (κ3) is 5.12. The van der Waals surface area contributed by atoms with Crippen molar-refractivity contribution >= 4 is 0 Å². The van der Waals surface area contributed by atoms with E-state index in [1.54, 1.807) is 7.11 Å². The minimum atomic E-state index is -0.293. The van der Waals surface area contributed by atoms with Gasteiger partial charge in [-0.25, -0.2) is 0 Å². The maximum atomic E-state index is 9.98. The molecule has 1 aliphatic carbocycles. The average molecular weight is 357 g/mol. The summed E-state index contributed by atoms with van der Waals surface area (Å²) in [5, 5.41) is 9.98. The van der Waals surface area contributed by atoms with E-state index in [1.807, 2.05) is 19.1 Å². The molecule has 0 saturated heterocycles. The Kier molecular flexibility index (Phi) is 6.75. The van der Waals surface area contributed by atoms with Crippen molar-refractivity contribution in [3.8, 4) is 5.75 Å². The molecule has 4 heteroatoms. The van der Waals surface area contributed by atoms with Crippen LogP contribution in [0.1, 0.15) is 50.3 Å². The highest BCUT2D eigenvalue weighted by molar-refractivity contribution is 5.29. The number of aromatic nitrogens is 1. The molecule has 0 bridgehead atoms. The monoisotopic (exact) mass is 356 g/mol. The number of aliphatic hydroxyl groups excluding tert-OH is 1. The molecule has 0 amide bonds. The molecule has 0 spiro atoms. The second kappa shape index (κ2) is 9.24. The normalized spacial score (nSPS) is 16.8. The highest BCUT2D eigenvalue weighted by Crippen LogP contribution is 2.25. The summed E-state index contributed by atoms with van der Waals surface area (Å²) in [7, 11) is 1.71.